The van der Waals surface area contributed by atoms with E-state index in [1.165, 1.54) is 34.8 Å². The van der Waals surface area contributed by atoms with Crippen molar-refractivity contribution in [3.05, 3.63) is 105 Å². The van der Waals surface area contributed by atoms with Crippen LogP contribution in [-0.2, 0) is 17.8 Å². The maximum Gasteiger partial charge on any atom is 0.409 e. The van der Waals surface area contributed by atoms with Gasteiger partial charge in [-0.25, -0.2) is 9.18 Å². The van der Waals surface area contributed by atoms with Crippen molar-refractivity contribution in [2.24, 2.45) is 0 Å². The Kier molecular flexibility index (Phi) is 11.0. The number of carbonyl (C=O) groups is 2. The first-order chi connectivity index (χ1) is 21.2. The largest absolute Gasteiger partial charge is 0.505 e. The summed E-state index contributed by atoms with van der Waals surface area (Å²) in [5.41, 5.74) is 0.747. The molecule has 1 unspecified atom stereocenters. The van der Waals surface area contributed by atoms with Crippen LogP contribution in [0, 0.1) is 5.82 Å². The fraction of sp³-hybridized carbons (Fsp3) is 0.290. The zero-order chi connectivity index (χ0) is 31.6. The van der Waals surface area contributed by atoms with Crippen molar-refractivity contribution < 1.29 is 34.0 Å². The van der Waals surface area contributed by atoms with Crippen molar-refractivity contribution in [1.82, 2.24) is 25.1 Å². The van der Waals surface area contributed by atoms with Gasteiger partial charge in [0.25, 0.3) is 11.5 Å². The third-order valence-electron chi connectivity index (χ3n) is 6.79. The number of amides is 2. The second kappa shape index (κ2) is 15.0. The standard InChI is InChI=1S/C31H34FN5O7/c1-36(31(43)44-19-21-5-3-2-4-6-21)18-25(33-11-13-38)37-24-16-22(15-20-7-9-23(32)10-8-20)17-35-27(24)28(40)26(30(37)42)29(41)34-12-14-39/h2-10,16-17,25,33,38-40H,11-15,18-19H2,1H3,(H,34,41). The summed E-state index contributed by atoms with van der Waals surface area (Å²) < 4.78 is 20.1. The molecule has 2 aromatic carbocycles. The summed E-state index contributed by atoms with van der Waals surface area (Å²) in [7, 11) is 1.47. The number of aliphatic hydroxyl groups excluding tert-OH is 2. The summed E-state index contributed by atoms with van der Waals surface area (Å²) in [6, 6.07) is 16.6. The number of nitrogens with zero attached hydrogens (tertiary/aromatic N) is 3. The van der Waals surface area contributed by atoms with Crippen LogP contribution in [0.1, 0.15) is 33.2 Å². The second-order valence-corrected chi connectivity index (χ2v) is 10.0. The number of rotatable bonds is 13. The number of ether oxygens (including phenoxy) is 1. The highest BCUT2D eigenvalue weighted by molar-refractivity contribution is 6.01. The Balaban J connectivity index is 1.77. The molecule has 44 heavy (non-hydrogen) atoms. The van der Waals surface area contributed by atoms with Crippen LogP contribution in [0.25, 0.3) is 11.0 Å². The van der Waals surface area contributed by atoms with E-state index in [4.69, 9.17) is 4.74 Å². The third kappa shape index (κ3) is 7.75. The number of aromatic hydroxyl groups is 1. The molecule has 1 atom stereocenters. The van der Waals surface area contributed by atoms with Crippen molar-refractivity contribution in [3.8, 4) is 5.75 Å². The zero-order valence-corrected chi connectivity index (χ0v) is 24.1. The van der Waals surface area contributed by atoms with Crippen molar-refractivity contribution in [1.29, 1.82) is 0 Å². The first kappa shape index (κ1) is 32.1. The van der Waals surface area contributed by atoms with Gasteiger partial charge in [-0.15, -0.1) is 0 Å². The Morgan fingerprint density at radius 3 is 2.41 bits per heavy atom. The summed E-state index contributed by atoms with van der Waals surface area (Å²) in [6.45, 7) is -0.972. The van der Waals surface area contributed by atoms with E-state index in [-0.39, 0.29) is 49.7 Å². The summed E-state index contributed by atoms with van der Waals surface area (Å²) >= 11 is 0. The number of pyridine rings is 2. The molecular formula is C31H34FN5O7. The summed E-state index contributed by atoms with van der Waals surface area (Å²) in [5.74, 6) is -1.96. The van der Waals surface area contributed by atoms with Gasteiger partial charge in [-0.1, -0.05) is 42.5 Å². The van der Waals surface area contributed by atoms with E-state index in [0.29, 0.717) is 12.0 Å². The maximum atomic E-state index is 14.0. The highest BCUT2D eigenvalue weighted by atomic mass is 19.1. The molecule has 4 aromatic rings. The molecule has 0 bridgehead atoms. The number of aliphatic hydroxyl groups is 2. The second-order valence-electron chi connectivity index (χ2n) is 10.0. The van der Waals surface area contributed by atoms with E-state index in [9.17, 15) is 34.1 Å². The molecule has 13 heteroatoms. The molecule has 0 aliphatic heterocycles. The van der Waals surface area contributed by atoms with E-state index >= 15 is 0 Å². The normalized spacial score (nSPS) is 11.7. The number of carbonyl (C=O) groups excluding carboxylic acids is 2. The molecule has 0 aliphatic rings. The fourth-order valence-corrected chi connectivity index (χ4v) is 4.65. The monoisotopic (exact) mass is 607 g/mol. The van der Waals surface area contributed by atoms with Crippen molar-refractivity contribution in [2.45, 2.75) is 19.2 Å². The number of aromatic nitrogens is 2. The number of benzene rings is 2. The molecule has 0 saturated carbocycles. The first-order valence-electron chi connectivity index (χ1n) is 13.9. The number of halogens is 1. The first-order valence-corrected chi connectivity index (χ1v) is 13.9. The average Bonchev–Trinajstić information content (AvgIpc) is 3.02. The molecule has 5 N–H and O–H groups in total. The lowest BCUT2D eigenvalue weighted by Gasteiger charge is -2.28. The zero-order valence-electron chi connectivity index (χ0n) is 24.1. The number of nitrogens with one attached hydrogen (secondary N) is 2. The Bertz CT molecular complexity index is 1650. The van der Waals surface area contributed by atoms with Gasteiger partial charge in [-0.2, -0.15) is 0 Å². The van der Waals surface area contributed by atoms with E-state index in [1.807, 2.05) is 18.2 Å². The van der Waals surface area contributed by atoms with E-state index in [0.717, 1.165) is 11.1 Å². The lowest BCUT2D eigenvalue weighted by molar-refractivity contribution is 0.0931. The molecule has 2 aromatic heterocycles. The molecule has 0 aliphatic carbocycles. The molecule has 0 saturated heterocycles. The van der Waals surface area contributed by atoms with Crippen LogP contribution in [0.4, 0.5) is 9.18 Å². The SMILES string of the molecule is CN(CC(NCCO)n1c(=O)c(C(=O)NCCO)c(O)c2ncc(Cc3ccc(F)cc3)cc21)C(=O)OCc1ccccc1. The number of fused-ring (bicyclic) bond motifs is 1. The van der Waals surface area contributed by atoms with Gasteiger partial charge in [0.05, 0.1) is 25.3 Å². The smallest absolute Gasteiger partial charge is 0.409 e. The number of hydrogen-bond donors (Lipinski definition) is 5. The molecule has 0 spiro atoms. The number of likely N-dealkylation sites (N-methyl/N-ethyl adjacent to an activating group) is 1. The summed E-state index contributed by atoms with van der Waals surface area (Å²) in [6.07, 6.45) is 0.0899. The summed E-state index contributed by atoms with van der Waals surface area (Å²) in [5, 5.41) is 35.2. The predicted molar refractivity (Wildman–Crippen MR) is 160 cm³/mol. The van der Waals surface area contributed by atoms with Gasteiger partial charge in [0.15, 0.2) is 5.75 Å². The molecule has 2 heterocycles. The van der Waals surface area contributed by atoms with Crippen molar-refractivity contribution in [2.75, 3.05) is 39.9 Å². The van der Waals surface area contributed by atoms with Gasteiger partial charge < -0.3 is 30.3 Å². The molecule has 12 nitrogen and oxygen atoms in total. The van der Waals surface area contributed by atoms with Crippen molar-refractivity contribution >= 4 is 23.0 Å². The van der Waals surface area contributed by atoms with Gasteiger partial charge in [-0.3, -0.25) is 24.5 Å². The molecular weight excluding hydrogens is 573 g/mol. The van der Waals surface area contributed by atoms with Crippen molar-refractivity contribution in [3.63, 3.8) is 0 Å². The van der Waals surface area contributed by atoms with E-state index in [2.05, 4.69) is 15.6 Å². The van der Waals surface area contributed by atoms with Gasteiger partial charge in [-0.05, 0) is 41.3 Å². The summed E-state index contributed by atoms with van der Waals surface area (Å²) in [4.78, 5) is 45.4. The third-order valence-corrected chi connectivity index (χ3v) is 6.79. The van der Waals surface area contributed by atoms with Crippen LogP contribution in [0.15, 0.2) is 71.7 Å². The van der Waals surface area contributed by atoms with E-state index < -0.39 is 41.6 Å². The fourth-order valence-electron chi connectivity index (χ4n) is 4.65. The van der Waals surface area contributed by atoms with Crippen LogP contribution in [-0.4, -0.2) is 81.7 Å². The molecule has 0 fully saturated rings. The predicted octanol–water partition coefficient (Wildman–Crippen LogP) is 1.90. The Labute approximate surface area is 252 Å². The molecule has 0 radical (unpaired) electrons. The minimum absolute atomic E-state index is 0.0150. The quantitative estimate of drug-likeness (QED) is 0.153. The lowest BCUT2D eigenvalue weighted by atomic mass is 10.0. The van der Waals surface area contributed by atoms with E-state index in [1.54, 1.807) is 30.3 Å². The lowest BCUT2D eigenvalue weighted by Crippen LogP contribution is -2.45. The van der Waals surface area contributed by atoms with Crippen LogP contribution < -0.4 is 16.2 Å². The average molecular weight is 608 g/mol. The Morgan fingerprint density at radius 1 is 1.02 bits per heavy atom. The van der Waals surface area contributed by atoms with Gasteiger partial charge >= 0.3 is 6.09 Å². The topological polar surface area (TPSA) is 166 Å². The van der Waals surface area contributed by atoms with Gasteiger partial charge in [0, 0.05) is 26.3 Å². The van der Waals surface area contributed by atoms with Gasteiger partial charge in [0.2, 0.25) is 0 Å². The minimum Gasteiger partial charge on any atom is -0.505 e. The maximum absolute atomic E-state index is 14.0. The highest BCUT2D eigenvalue weighted by Gasteiger charge is 2.28. The van der Waals surface area contributed by atoms with Crippen LogP contribution in [0.3, 0.4) is 0 Å². The van der Waals surface area contributed by atoms with Crippen LogP contribution in [0.5, 0.6) is 5.75 Å². The molecule has 2 amide bonds. The molecule has 4 rings (SSSR count). The highest BCUT2D eigenvalue weighted by Crippen LogP contribution is 2.28. The molecule has 232 valence electrons. The Hall–Kier alpha value is -4.85. The van der Waals surface area contributed by atoms with Crippen LogP contribution in [0.2, 0.25) is 0 Å². The minimum atomic E-state index is -1.01. The number of hydrogen-bond acceptors (Lipinski definition) is 9. The van der Waals surface area contributed by atoms with Crippen LogP contribution >= 0.6 is 0 Å². The van der Waals surface area contributed by atoms with Gasteiger partial charge in [0.1, 0.15) is 29.7 Å². The Morgan fingerprint density at radius 2 is 1.73 bits per heavy atom.